The van der Waals surface area contributed by atoms with E-state index in [2.05, 4.69) is 93.7 Å². The van der Waals surface area contributed by atoms with Gasteiger partial charge in [0.1, 0.15) is 0 Å². The van der Waals surface area contributed by atoms with E-state index in [0.717, 1.165) is 39.3 Å². The molecule has 2 aromatic heterocycles. The van der Waals surface area contributed by atoms with E-state index in [1.807, 2.05) is 0 Å². The third kappa shape index (κ3) is 3.21. The molecule has 0 aliphatic carbocycles. The van der Waals surface area contributed by atoms with Gasteiger partial charge in [-0.2, -0.15) is 0 Å². The lowest BCUT2D eigenvalue weighted by molar-refractivity contribution is 0.159. The summed E-state index contributed by atoms with van der Waals surface area (Å²) in [7, 11) is 0. The smallest absolute Gasteiger partial charge is 0.0476 e. The summed E-state index contributed by atoms with van der Waals surface area (Å²) in [5.41, 5.74) is 5.70. The van der Waals surface area contributed by atoms with E-state index < -0.39 is 0 Å². The molecule has 4 heterocycles. The van der Waals surface area contributed by atoms with Crippen molar-refractivity contribution in [1.29, 1.82) is 0 Å². The van der Waals surface area contributed by atoms with Gasteiger partial charge in [0.2, 0.25) is 0 Å². The molecule has 0 bridgehead atoms. The molecule has 4 heteroatoms. The molecule has 0 saturated carbocycles. The Hall–Kier alpha value is -2.30. The van der Waals surface area contributed by atoms with E-state index >= 15 is 0 Å². The van der Waals surface area contributed by atoms with Gasteiger partial charge in [0.15, 0.2) is 0 Å². The van der Waals surface area contributed by atoms with Crippen LogP contribution in [-0.4, -0.2) is 32.0 Å². The molecule has 3 aromatic rings. The molecular weight excluding hydrogens is 344 g/mol. The van der Waals surface area contributed by atoms with Crippen LogP contribution in [0.4, 0.5) is 0 Å². The minimum Gasteiger partial charge on any atom is -0.349 e. The third-order valence-corrected chi connectivity index (χ3v) is 6.73. The largest absolute Gasteiger partial charge is 0.349 e. The van der Waals surface area contributed by atoms with Crippen molar-refractivity contribution in [3.63, 3.8) is 0 Å². The average Bonchev–Trinajstić information content (AvgIpc) is 3.37. The van der Waals surface area contributed by atoms with Crippen LogP contribution < -0.4 is 0 Å². The van der Waals surface area contributed by atoms with Gasteiger partial charge in [0, 0.05) is 75.1 Å². The number of aromatic nitrogens is 2. The highest BCUT2D eigenvalue weighted by Gasteiger charge is 2.24. The van der Waals surface area contributed by atoms with Crippen molar-refractivity contribution in [3.8, 4) is 0 Å². The first-order valence-electron chi connectivity index (χ1n) is 10.5. The van der Waals surface area contributed by atoms with Crippen LogP contribution in [0.5, 0.6) is 0 Å². The van der Waals surface area contributed by atoms with E-state index in [9.17, 15) is 0 Å². The first kappa shape index (κ1) is 17.8. The number of hydrogen-bond donors (Lipinski definition) is 0. The molecule has 0 spiro atoms. The molecule has 2 unspecified atom stereocenters. The van der Waals surface area contributed by atoms with Gasteiger partial charge in [0.25, 0.3) is 0 Å². The Morgan fingerprint density at radius 1 is 0.643 bits per heavy atom. The normalized spacial score (nSPS) is 22.8. The van der Waals surface area contributed by atoms with Crippen molar-refractivity contribution in [3.05, 3.63) is 83.4 Å². The van der Waals surface area contributed by atoms with Crippen molar-refractivity contribution in [2.45, 2.75) is 52.1 Å². The lowest BCUT2D eigenvalue weighted by Gasteiger charge is -2.35. The number of benzene rings is 1. The van der Waals surface area contributed by atoms with Gasteiger partial charge >= 0.3 is 0 Å². The maximum Gasteiger partial charge on any atom is 0.0476 e. The second-order valence-electron chi connectivity index (χ2n) is 8.36. The summed E-state index contributed by atoms with van der Waals surface area (Å²) in [4.78, 5) is 5.18. The summed E-state index contributed by atoms with van der Waals surface area (Å²) in [6, 6.07) is 19.1. The number of hydrogen-bond acceptors (Lipinski definition) is 2. The number of fused-ring (bicyclic) bond motifs is 2. The SMILES string of the molecule is CC1c2cccn2CCN1Cc1ccc(CN2CCn3cccc3C2C)cc1. The van der Waals surface area contributed by atoms with E-state index in [1.165, 1.54) is 22.5 Å². The fourth-order valence-corrected chi connectivity index (χ4v) is 4.91. The monoisotopic (exact) mass is 374 g/mol. The minimum atomic E-state index is 0.480. The Balaban J connectivity index is 1.23. The lowest BCUT2D eigenvalue weighted by Crippen LogP contribution is -2.36. The summed E-state index contributed by atoms with van der Waals surface area (Å²) in [5, 5.41) is 0. The summed E-state index contributed by atoms with van der Waals surface area (Å²) in [5.74, 6) is 0. The van der Waals surface area contributed by atoms with Gasteiger partial charge in [-0.25, -0.2) is 0 Å². The minimum absolute atomic E-state index is 0.480. The van der Waals surface area contributed by atoms with Crippen LogP contribution in [0.15, 0.2) is 60.9 Å². The van der Waals surface area contributed by atoms with Gasteiger partial charge in [0.05, 0.1) is 0 Å². The zero-order chi connectivity index (χ0) is 19.1. The lowest BCUT2D eigenvalue weighted by atomic mass is 10.1. The Morgan fingerprint density at radius 3 is 1.50 bits per heavy atom. The standard InChI is InChI=1S/C24H30N4/c1-19-23-5-3-11-25(23)13-15-27(19)17-21-7-9-22(10-8-21)18-28-16-14-26-12-4-6-24(26)20(28)2/h3-12,19-20H,13-18H2,1-2H3. The van der Waals surface area contributed by atoms with Crippen LogP contribution in [-0.2, 0) is 26.2 Å². The quantitative estimate of drug-likeness (QED) is 0.671. The Morgan fingerprint density at radius 2 is 1.07 bits per heavy atom. The molecule has 1 aromatic carbocycles. The Labute approximate surface area is 168 Å². The Bertz CT molecular complexity index is 858. The second-order valence-corrected chi connectivity index (χ2v) is 8.36. The molecular formula is C24H30N4. The topological polar surface area (TPSA) is 16.3 Å². The van der Waals surface area contributed by atoms with Crippen LogP contribution in [0.2, 0.25) is 0 Å². The summed E-state index contributed by atoms with van der Waals surface area (Å²) < 4.78 is 4.78. The maximum atomic E-state index is 2.59. The van der Waals surface area contributed by atoms with E-state index in [-0.39, 0.29) is 0 Å². The summed E-state index contributed by atoms with van der Waals surface area (Å²) >= 11 is 0. The molecule has 28 heavy (non-hydrogen) atoms. The van der Waals surface area contributed by atoms with Crippen LogP contribution in [0, 0.1) is 0 Å². The van der Waals surface area contributed by atoms with Gasteiger partial charge < -0.3 is 9.13 Å². The molecule has 5 rings (SSSR count). The van der Waals surface area contributed by atoms with Crippen LogP contribution in [0.1, 0.15) is 48.4 Å². The van der Waals surface area contributed by atoms with E-state index in [0.29, 0.717) is 12.1 Å². The molecule has 4 nitrogen and oxygen atoms in total. The third-order valence-electron chi connectivity index (χ3n) is 6.73. The molecule has 0 N–H and O–H groups in total. The number of nitrogens with zero attached hydrogens (tertiary/aromatic N) is 4. The fourth-order valence-electron chi connectivity index (χ4n) is 4.91. The van der Waals surface area contributed by atoms with Crippen molar-refractivity contribution in [2.75, 3.05) is 13.1 Å². The molecule has 0 radical (unpaired) electrons. The zero-order valence-corrected chi connectivity index (χ0v) is 17.0. The van der Waals surface area contributed by atoms with Crippen molar-refractivity contribution in [2.24, 2.45) is 0 Å². The molecule has 146 valence electrons. The van der Waals surface area contributed by atoms with Gasteiger partial charge in [-0.1, -0.05) is 24.3 Å². The fraction of sp³-hybridized carbons (Fsp3) is 0.417. The van der Waals surface area contributed by atoms with Gasteiger partial charge in [-0.15, -0.1) is 0 Å². The molecule has 2 atom stereocenters. The molecule has 2 aliphatic heterocycles. The Kier molecular flexibility index (Phi) is 4.61. The first-order valence-corrected chi connectivity index (χ1v) is 10.5. The number of rotatable bonds is 4. The van der Waals surface area contributed by atoms with Crippen molar-refractivity contribution in [1.82, 2.24) is 18.9 Å². The zero-order valence-electron chi connectivity index (χ0n) is 17.0. The average molecular weight is 375 g/mol. The van der Waals surface area contributed by atoms with Crippen LogP contribution in [0.25, 0.3) is 0 Å². The summed E-state index contributed by atoms with van der Waals surface area (Å²) in [6.07, 6.45) is 4.41. The predicted molar refractivity (Wildman–Crippen MR) is 113 cm³/mol. The molecule has 2 aliphatic rings. The van der Waals surface area contributed by atoms with E-state index in [1.54, 1.807) is 0 Å². The summed E-state index contributed by atoms with van der Waals surface area (Å²) in [6.45, 7) is 11.1. The second kappa shape index (κ2) is 7.26. The van der Waals surface area contributed by atoms with Crippen LogP contribution in [0.3, 0.4) is 0 Å². The highest BCUT2D eigenvalue weighted by Crippen LogP contribution is 2.28. The molecule has 0 saturated heterocycles. The first-order chi connectivity index (χ1) is 13.7. The molecule has 0 amide bonds. The van der Waals surface area contributed by atoms with E-state index in [4.69, 9.17) is 0 Å². The maximum absolute atomic E-state index is 2.59. The van der Waals surface area contributed by atoms with Gasteiger partial charge in [-0.3, -0.25) is 9.80 Å². The van der Waals surface area contributed by atoms with Crippen molar-refractivity contribution < 1.29 is 0 Å². The molecule has 0 fully saturated rings. The van der Waals surface area contributed by atoms with Crippen molar-refractivity contribution >= 4 is 0 Å². The predicted octanol–water partition coefficient (Wildman–Crippen LogP) is 4.44. The highest BCUT2D eigenvalue weighted by molar-refractivity contribution is 5.24. The van der Waals surface area contributed by atoms with Gasteiger partial charge in [-0.05, 0) is 49.2 Å². The highest BCUT2D eigenvalue weighted by atomic mass is 15.2. The van der Waals surface area contributed by atoms with Crippen LogP contribution >= 0.6 is 0 Å².